The van der Waals surface area contributed by atoms with Gasteiger partial charge in [-0.05, 0) is 35.4 Å². The number of rotatable bonds is 3. The number of ether oxygens (including phenoxy) is 2. The number of hydrogen-bond acceptors (Lipinski definition) is 4. The molecule has 8 heteroatoms. The van der Waals surface area contributed by atoms with Gasteiger partial charge in [-0.25, -0.2) is 0 Å². The van der Waals surface area contributed by atoms with Gasteiger partial charge in [-0.3, -0.25) is 9.11 Å². The maximum atomic E-state index is 8.74. The number of methoxy groups -OCH3 is 2. The van der Waals surface area contributed by atoms with E-state index in [0.29, 0.717) is 0 Å². The first-order chi connectivity index (χ1) is 9.83. The monoisotopic (exact) mass is 440 g/mol. The Kier molecular flexibility index (Phi) is 9.02. The van der Waals surface area contributed by atoms with Crippen LogP contribution in [0.2, 0.25) is 0 Å². The quantitative estimate of drug-likeness (QED) is 0.562. The molecule has 0 amide bonds. The molecule has 0 radical (unpaired) electrons. The zero-order valence-corrected chi connectivity index (χ0v) is 15.1. The molecule has 0 atom stereocenters. The predicted molar refractivity (Wildman–Crippen MR) is 94.6 cm³/mol. The van der Waals surface area contributed by atoms with Gasteiger partial charge in [0.1, 0.15) is 11.5 Å². The molecule has 0 bridgehead atoms. The Balaban J connectivity index is 0.000000644. The average molecular weight is 440 g/mol. The minimum Gasteiger partial charge on any atom is -0.497 e. The third-order valence-corrected chi connectivity index (χ3v) is 2.51. The van der Waals surface area contributed by atoms with Gasteiger partial charge in [-0.1, -0.05) is 24.3 Å². The Bertz CT molecular complexity index is 599. The van der Waals surface area contributed by atoms with E-state index in [2.05, 4.69) is 0 Å². The normalized spacial score (nSPS) is 9.82. The van der Waals surface area contributed by atoms with E-state index in [-0.39, 0.29) is 24.0 Å². The van der Waals surface area contributed by atoms with Crippen molar-refractivity contribution in [2.75, 3.05) is 14.2 Å². The fourth-order valence-corrected chi connectivity index (χ4v) is 1.57. The SMILES string of the molecule is COc1ccc(-c2ccc(OC)cc2)cc1.I.O=S(=O)(O)O. The summed E-state index contributed by atoms with van der Waals surface area (Å²) in [7, 11) is -1.33. The van der Waals surface area contributed by atoms with Gasteiger partial charge in [0.2, 0.25) is 0 Å². The van der Waals surface area contributed by atoms with Crippen molar-refractivity contribution in [1.29, 1.82) is 0 Å². The summed E-state index contributed by atoms with van der Waals surface area (Å²) >= 11 is 0. The van der Waals surface area contributed by atoms with Crippen LogP contribution in [0.25, 0.3) is 11.1 Å². The zero-order valence-electron chi connectivity index (χ0n) is 12.0. The summed E-state index contributed by atoms with van der Waals surface area (Å²) in [5.74, 6) is 1.74. The lowest BCUT2D eigenvalue weighted by Crippen LogP contribution is -1.89. The molecule has 0 aliphatic heterocycles. The highest BCUT2D eigenvalue weighted by Crippen LogP contribution is 2.24. The van der Waals surface area contributed by atoms with Crippen LogP contribution in [0.15, 0.2) is 48.5 Å². The maximum Gasteiger partial charge on any atom is 0.394 e. The largest absolute Gasteiger partial charge is 0.497 e. The highest BCUT2D eigenvalue weighted by molar-refractivity contribution is 14.0. The molecule has 0 fully saturated rings. The van der Waals surface area contributed by atoms with Gasteiger partial charge in [0.05, 0.1) is 14.2 Å². The molecule has 0 aliphatic rings. The molecule has 0 heterocycles. The van der Waals surface area contributed by atoms with Crippen LogP contribution in [-0.2, 0) is 10.4 Å². The third kappa shape index (κ3) is 8.17. The summed E-state index contributed by atoms with van der Waals surface area (Å²) in [6.07, 6.45) is 0. The van der Waals surface area contributed by atoms with E-state index in [1.807, 2.05) is 48.5 Å². The minimum atomic E-state index is -4.67. The summed E-state index contributed by atoms with van der Waals surface area (Å²) in [5, 5.41) is 0. The van der Waals surface area contributed by atoms with Crippen LogP contribution in [-0.4, -0.2) is 31.7 Å². The number of halogens is 1. The lowest BCUT2D eigenvalue weighted by Gasteiger charge is -2.05. The lowest BCUT2D eigenvalue weighted by molar-refractivity contribution is 0.381. The molecule has 2 aromatic rings. The standard InChI is InChI=1S/C14H14O2.HI.H2O4S/c1-15-13-7-3-11(4-8-13)12-5-9-14(16-2)10-6-12;;1-5(2,3)4/h3-10H,1-2H3;1H;(H2,1,2,3,4). The highest BCUT2D eigenvalue weighted by Gasteiger charge is 1.98. The molecule has 2 N–H and O–H groups in total. The first-order valence-corrected chi connectivity index (χ1v) is 7.21. The fraction of sp³-hybridized carbons (Fsp3) is 0.143. The van der Waals surface area contributed by atoms with Gasteiger partial charge < -0.3 is 9.47 Å². The van der Waals surface area contributed by atoms with Crippen molar-refractivity contribution >= 4 is 34.4 Å². The second-order valence-corrected chi connectivity index (χ2v) is 4.80. The molecular formula is C14H17IO6S. The van der Waals surface area contributed by atoms with Crippen molar-refractivity contribution in [3.8, 4) is 22.6 Å². The summed E-state index contributed by atoms with van der Waals surface area (Å²) in [6, 6.07) is 16.0. The second kappa shape index (κ2) is 9.62. The van der Waals surface area contributed by atoms with Gasteiger partial charge in [0.25, 0.3) is 0 Å². The van der Waals surface area contributed by atoms with Crippen LogP contribution in [0.4, 0.5) is 0 Å². The van der Waals surface area contributed by atoms with Gasteiger partial charge >= 0.3 is 10.4 Å². The van der Waals surface area contributed by atoms with Crippen molar-refractivity contribution in [1.82, 2.24) is 0 Å². The van der Waals surface area contributed by atoms with Crippen LogP contribution in [0.1, 0.15) is 0 Å². The number of hydrogen-bond donors (Lipinski definition) is 2. The summed E-state index contributed by atoms with van der Waals surface area (Å²) in [4.78, 5) is 0. The van der Waals surface area contributed by atoms with Crippen LogP contribution in [0, 0.1) is 0 Å². The van der Waals surface area contributed by atoms with Crippen LogP contribution >= 0.6 is 24.0 Å². The maximum absolute atomic E-state index is 8.74. The molecule has 0 spiro atoms. The van der Waals surface area contributed by atoms with Crippen molar-refractivity contribution in [3.05, 3.63) is 48.5 Å². The molecular weight excluding hydrogens is 423 g/mol. The van der Waals surface area contributed by atoms with E-state index >= 15 is 0 Å². The summed E-state index contributed by atoms with van der Waals surface area (Å²) in [5.41, 5.74) is 2.34. The smallest absolute Gasteiger partial charge is 0.394 e. The van der Waals surface area contributed by atoms with Crippen molar-refractivity contribution in [2.45, 2.75) is 0 Å². The molecule has 0 aliphatic carbocycles. The zero-order chi connectivity index (χ0) is 15.9. The predicted octanol–water partition coefficient (Wildman–Crippen LogP) is 3.34. The van der Waals surface area contributed by atoms with Gasteiger partial charge in [-0.15, -0.1) is 24.0 Å². The highest BCUT2D eigenvalue weighted by atomic mass is 127. The van der Waals surface area contributed by atoms with Gasteiger partial charge in [0, 0.05) is 0 Å². The summed E-state index contributed by atoms with van der Waals surface area (Å²) in [6.45, 7) is 0. The Labute approximate surface area is 146 Å². The van der Waals surface area contributed by atoms with E-state index in [1.165, 1.54) is 11.1 Å². The third-order valence-electron chi connectivity index (χ3n) is 2.51. The van der Waals surface area contributed by atoms with Crippen molar-refractivity contribution < 1.29 is 27.0 Å². The Morgan fingerprint density at radius 2 is 0.955 bits per heavy atom. The molecule has 122 valence electrons. The van der Waals surface area contributed by atoms with Crippen LogP contribution in [0.5, 0.6) is 11.5 Å². The molecule has 2 aromatic carbocycles. The first-order valence-electron chi connectivity index (χ1n) is 5.82. The molecule has 0 unspecified atom stereocenters. The molecule has 22 heavy (non-hydrogen) atoms. The molecule has 2 rings (SSSR count). The topological polar surface area (TPSA) is 93.1 Å². The van der Waals surface area contributed by atoms with E-state index in [4.69, 9.17) is 27.0 Å². The first kappa shape index (κ1) is 20.6. The molecule has 0 aromatic heterocycles. The van der Waals surface area contributed by atoms with E-state index in [9.17, 15) is 0 Å². The Morgan fingerprint density at radius 3 is 1.14 bits per heavy atom. The summed E-state index contributed by atoms with van der Waals surface area (Å²) < 4.78 is 41.8. The van der Waals surface area contributed by atoms with Crippen molar-refractivity contribution in [2.24, 2.45) is 0 Å². The minimum absolute atomic E-state index is 0. The van der Waals surface area contributed by atoms with Gasteiger partial charge in [0.15, 0.2) is 0 Å². The van der Waals surface area contributed by atoms with Crippen LogP contribution < -0.4 is 9.47 Å². The van der Waals surface area contributed by atoms with E-state index in [1.54, 1.807) is 14.2 Å². The van der Waals surface area contributed by atoms with Gasteiger partial charge in [-0.2, -0.15) is 8.42 Å². The fourth-order valence-electron chi connectivity index (χ4n) is 1.57. The Morgan fingerprint density at radius 1 is 0.727 bits per heavy atom. The average Bonchev–Trinajstić information content (AvgIpc) is 2.46. The van der Waals surface area contributed by atoms with E-state index in [0.717, 1.165) is 11.5 Å². The molecule has 0 saturated carbocycles. The van der Waals surface area contributed by atoms with E-state index < -0.39 is 10.4 Å². The number of benzene rings is 2. The molecule has 0 saturated heterocycles. The Hall–Kier alpha value is -1.36. The lowest BCUT2D eigenvalue weighted by atomic mass is 10.1. The molecule has 6 nitrogen and oxygen atoms in total. The van der Waals surface area contributed by atoms with Crippen LogP contribution in [0.3, 0.4) is 0 Å². The second-order valence-electron chi connectivity index (χ2n) is 3.90. The van der Waals surface area contributed by atoms with Crippen molar-refractivity contribution in [3.63, 3.8) is 0 Å².